The number of benzene rings is 2. The lowest BCUT2D eigenvalue weighted by molar-refractivity contribution is -0.308. The first-order valence-electron chi connectivity index (χ1n) is 21.3. The predicted octanol–water partition coefficient (Wildman–Crippen LogP) is 8.49. The highest BCUT2D eigenvalue weighted by atomic mass is 16.7. The van der Waals surface area contributed by atoms with Gasteiger partial charge in [-0.1, -0.05) is 151 Å². The van der Waals surface area contributed by atoms with Crippen molar-refractivity contribution in [1.29, 1.82) is 0 Å². The average Bonchev–Trinajstić information content (AvgIpc) is 3.19. The summed E-state index contributed by atoms with van der Waals surface area (Å²) in [7, 11) is 0. The molecule has 0 N–H and O–H groups in total. The number of carbonyl (C=O) groups is 4. The fourth-order valence-corrected chi connectivity index (χ4v) is 6.96. The molecule has 1 aliphatic heterocycles. The van der Waals surface area contributed by atoms with Gasteiger partial charge >= 0.3 is 23.9 Å². The molecule has 12 nitrogen and oxygen atoms in total. The highest BCUT2D eigenvalue weighted by Crippen LogP contribution is 2.30. The minimum absolute atomic E-state index is 0.0599. The van der Waals surface area contributed by atoms with E-state index in [1.807, 2.05) is 60.7 Å². The lowest BCUT2D eigenvalue weighted by atomic mass is 9.98. The zero-order valence-electron chi connectivity index (χ0n) is 35.4. The first-order valence-corrected chi connectivity index (χ1v) is 21.3. The molecule has 2 aromatic carbocycles. The van der Waals surface area contributed by atoms with E-state index in [0.717, 1.165) is 29.7 Å². The summed E-state index contributed by atoms with van der Waals surface area (Å²) in [4.78, 5) is 53.9. The van der Waals surface area contributed by atoms with Crippen molar-refractivity contribution in [1.82, 2.24) is 0 Å². The monoisotopic (exact) mass is 809 g/mol. The summed E-state index contributed by atoms with van der Waals surface area (Å²) in [6.07, 6.45) is 11.3. The Hall–Kier alpha value is -4.13. The van der Waals surface area contributed by atoms with Gasteiger partial charge in [-0.2, -0.15) is 0 Å². The van der Waals surface area contributed by atoms with Gasteiger partial charge in [0.15, 0.2) is 24.6 Å². The molecule has 1 saturated heterocycles. The Morgan fingerprint density at radius 3 is 1.53 bits per heavy atom. The Kier molecular flexibility index (Phi) is 23.6. The van der Waals surface area contributed by atoms with Gasteiger partial charge in [0.1, 0.15) is 12.7 Å². The number of nitrogens with zero attached hydrogens (tertiary/aromatic N) is 1. The van der Waals surface area contributed by atoms with Crippen LogP contribution in [0.1, 0.15) is 136 Å². The van der Waals surface area contributed by atoms with Crippen LogP contribution in [0, 0.1) is 0 Å². The molecular formula is C46H67NO11. The average molecular weight is 810 g/mol. The maximum atomic E-state index is 12.4. The number of hydrogen-bond acceptors (Lipinski definition) is 12. The first-order chi connectivity index (χ1) is 28.1. The summed E-state index contributed by atoms with van der Waals surface area (Å²) in [6, 6.07) is 19.0. The second kappa shape index (κ2) is 28.3. The Labute approximate surface area is 345 Å². The van der Waals surface area contributed by atoms with E-state index in [1.54, 1.807) is 0 Å². The van der Waals surface area contributed by atoms with Crippen molar-refractivity contribution < 1.29 is 52.3 Å². The van der Waals surface area contributed by atoms with E-state index in [2.05, 4.69) is 6.92 Å². The number of hydrogen-bond donors (Lipinski definition) is 0. The first kappa shape index (κ1) is 48.2. The third-order valence-electron chi connectivity index (χ3n) is 9.76. The largest absolute Gasteiger partial charge is 0.463 e. The summed E-state index contributed by atoms with van der Waals surface area (Å²) < 4.78 is 40.7. The van der Waals surface area contributed by atoms with Gasteiger partial charge in [-0.3, -0.25) is 24.2 Å². The van der Waals surface area contributed by atoms with Gasteiger partial charge in [0.05, 0.1) is 25.0 Å². The molecule has 322 valence electrons. The number of rotatable bonds is 28. The minimum Gasteiger partial charge on any atom is -0.463 e. The zero-order chi connectivity index (χ0) is 42.0. The van der Waals surface area contributed by atoms with Gasteiger partial charge in [-0.25, -0.2) is 0 Å². The smallest absolute Gasteiger partial charge is 0.303 e. The third-order valence-corrected chi connectivity index (χ3v) is 9.76. The molecule has 0 amide bonds. The van der Waals surface area contributed by atoms with Crippen molar-refractivity contribution in [3.05, 3.63) is 71.8 Å². The van der Waals surface area contributed by atoms with Crippen LogP contribution in [0.3, 0.4) is 0 Å². The Balaban J connectivity index is 1.73. The molecule has 0 bridgehead atoms. The van der Waals surface area contributed by atoms with Gasteiger partial charge in [0.25, 0.3) is 0 Å². The second-order valence-electron chi connectivity index (χ2n) is 14.9. The van der Waals surface area contributed by atoms with Crippen LogP contribution in [0.25, 0.3) is 0 Å². The number of esters is 4. The SMILES string of the molecule is CCCCCCCCCCCCCCCCOC[C@H](COC1OC(COC(C)=O)C(OC(C)=O)C(OC(C)=O)C1OC(C)=O)N=C(c1ccccc1)c1ccccc1. The number of unbranched alkanes of at least 4 members (excludes halogenated alkanes) is 13. The summed E-state index contributed by atoms with van der Waals surface area (Å²) in [5.41, 5.74) is 2.53. The van der Waals surface area contributed by atoms with Crippen LogP contribution in [0.5, 0.6) is 0 Å². The highest BCUT2D eigenvalue weighted by Gasteiger charge is 2.53. The van der Waals surface area contributed by atoms with E-state index < -0.39 is 60.6 Å². The molecule has 5 unspecified atom stereocenters. The van der Waals surface area contributed by atoms with E-state index in [-0.39, 0.29) is 19.8 Å². The van der Waals surface area contributed by atoms with Crippen LogP contribution >= 0.6 is 0 Å². The van der Waals surface area contributed by atoms with Crippen LogP contribution in [-0.4, -0.2) is 92.8 Å². The van der Waals surface area contributed by atoms with Gasteiger partial charge in [-0.15, -0.1) is 0 Å². The van der Waals surface area contributed by atoms with Crippen LogP contribution in [0.15, 0.2) is 65.7 Å². The molecule has 0 spiro atoms. The Morgan fingerprint density at radius 1 is 0.586 bits per heavy atom. The molecule has 6 atom stereocenters. The molecule has 0 aromatic heterocycles. The minimum atomic E-state index is -1.34. The van der Waals surface area contributed by atoms with E-state index >= 15 is 0 Å². The van der Waals surface area contributed by atoms with Crippen molar-refractivity contribution in [2.75, 3.05) is 26.4 Å². The van der Waals surface area contributed by atoms with Crippen LogP contribution < -0.4 is 0 Å². The van der Waals surface area contributed by atoms with E-state index in [4.69, 9.17) is 38.2 Å². The Morgan fingerprint density at radius 2 is 1.05 bits per heavy atom. The molecule has 2 aromatic rings. The van der Waals surface area contributed by atoms with E-state index in [1.165, 1.54) is 105 Å². The van der Waals surface area contributed by atoms with Gasteiger partial charge in [-0.05, 0) is 6.42 Å². The van der Waals surface area contributed by atoms with Crippen molar-refractivity contribution >= 4 is 29.6 Å². The van der Waals surface area contributed by atoms with Crippen molar-refractivity contribution in [2.24, 2.45) is 4.99 Å². The summed E-state index contributed by atoms with van der Waals surface area (Å²) in [6.45, 7) is 7.38. The Bertz CT molecular complexity index is 1460. The van der Waals surface area contributed by atoms with Crippen molar-refractivity contribution in [3.63, 3.8) is 0 Å². The molecule has 3 rings (SSSR count). The lowest BCUT2D eigenvalue weighted by Gasteiger charge is -2.44. The maximum Gasteiger partial charge on any atom is 0.303 e. The normalized spacial score (nSPS) is 19.4. The zero-order valence-corrected chi connectivity index (χ0v) is 35.4. The van der Waals surface area contributed by atoms with Crippen LogP contribution in [-0.2, 0) is 52.3 Å². The molecule has 58 heavy (non-hydrogen) atoms. The maximum absolute atomic E-state index is 12.4. The topological polar surface area (TPSA) is 145 Å². The molecule has 1 fully saturated rings. The molecule has 12 heteroatoms. The lowest BCUT2D eigenvalue weighted by Crippen LogP contribution is -2.63. The highest BCUT2D eigenvalue weighted by molar-refractivity contribution is 6.13. The van der Waals surface area contributed by atoms with Gasteiger partial charge in [0.2, 0.25) is 0 Å². The molecule has 0 radical (unpaired) electrons. The summed E-state index contributed by atoms with van der Waals surface area (Å²) in [5.74, 6) is -2.74. The third kappa shape index (κ3) is 19.1. The number of ether oxygens (including phenoxy) is 7. The quantitative estimate of drug-likeness (QED) is 0.0353. The van der Waals surface area contributed by atoms with Crippen molar-refractivity contribution in [3.8, 4) is 0 Å². The van der Waals surface area contributed by atoms with Crippen molar-refractivity contribution in [2.45, 2.75) is 161 Å². The number of aliphatic imine (C=N–C) groups is 1. The molecule has 1 aliphatic rings. The molecule has 0 aliphatic carbocycles. The fourth-order valence-electron chi connectivity index (χ4n) is 6.96. The van der Waals surface area contributed by atoms with Crippen LogP contribution in [0.4, 0.5) is 0 Å². The standard InChI is InChI=1S/C46H67NO11/c1-6-7-8-9-10-11-12-13-14-15-16-17-18-25-30-52-31-40(47-42(38-26-21-19-22-27-38)39-28-23-20-24-29-39)32-54-46-45(57-37(5)51)44(56-36(4)50)43(55-35(3)49)41(58-46)33-53-34(2)48/h19-24,26-29,40-41,43-46H,6-18,25,30-33H2,1-5H3/t40-,41?,43?,44?,45?,46?/m1/s1. The summed E-state index contributed by atoms with van der Waals surface area (Å²) in [5, 5.41) is 0. The van der Waals surface area contributed by atoms with E-state index in [0.29, 0.717) is 6.61 Å². The fraction of sp³-hybridized carbons (Fsp3) is 0.630. The summed E-state index contributed by atoms with van der Waals surface area (Å²) >= 11 is 0. The van der Waals surface area contributed by atoms with Gasteiger partial charge in [0, 0.05) is 45.4 Å². The molecule has 1 heterocycles. The number of carbonyl (C=O) groups excluding carboxylic acids is 4. The predicted molar refractivity (Wildman–Crippen MR) is 221 cm³/mol. The second-order valence-corrected chi connectivity index (χ2v) is 14.9. The molecule has 0 saturated carbocycles. The van der Waals surface area contributed by atoms with Crippen LogP contribution in [0.2, 0.25) is 0 Å². The van der Waals surface area contributed by atoms with Gasteiger partial charge < -0.3 is 33.2 Å². The van der Waals surface area contributed by atoms with E-state index in [9.17, 15) is 19.2 Å². The molecular weight excluding hydrogens is 743 g/mol.